The van der Waals surface area contributed by atoms with Gasteiger partial charge in [0.15, 0.2) is 0 Å². The summed E-state index contributed by atoms with van der Waals surface area (Å²) < 4.78 is 0.963. The highest BCUT2D eigenvalue weighted by Gasteiger charge is 2.11. The molecule has 100 valence electrons. The Morgan fingerprint density at radius 3 is 2.78 bits per heavy atom. The summed E-state index contributed by atoms with van der Waals surface area (Å²) in [5.74, 6) is 0.0247. The first-order valence-corrected chi connectivity index (χ1v) is 7.10. The molecule has 1 N–H and O–H groups in total. The van der Waals surface area contributed by atoms with E-state index in [9.17, 15) is 4.79 Å². The van der Waals surface area contributed by atoms with Gasteiger partial charge in [0.25, 0.3) is 0 Å². The van der Waals surface area contributed by atoms with Crippen LogP contribution in [0.25, 0.3) is 0 Å². The largest absolute Gasteiger partial charge is 0.358 e. The van der Waals surface area contributed by atoms with Gasteiger partial charge >= 0.3 is 0 Å². The number of carbonyl (C=O) groups is 1. The van der Waals surface area contributed by atoms with Crippen molar-refractivity contribution < 1.29 is 4.79 Å². The van der Waals surface area contributed by atoms with Crippen molar-refractivity contribution in [3.63, 3.8) is 0 Å². The molecule has 0 aromatic heterocycles. The highest BCUT2D eigenvalue weighted by molar-refractivity contribution is 9.10. The quantitative estimate of drug-likeness (QED) is 0.868. The molecule has 0 atom stereocenters. The first-order valence-electron chi connectivity index (χ1n) is 5.93. The topological polar surface area (TPSA) is 32.3 Å². The van der Waals surface area contributed by atoms with Gasteiger partial charge in [-0.3, -0.25) is 9.69 Å². The molecule has 1 rings (SSSR count). The van der Waals surface area contributed by atoms with E-state index < -0.39 is 0 Å². The summed E-state index contributed by atoms with van der Waals surface area (Å²) in [6, 6.07) is 5.82. The van der Waals surface area contributed by atoms with E-state index in [0.29, 0.717) is 13.1 Å². The maximum atomic E-state index is 11.4. The number of nitrogens with zero attached hydrogens (tertiary/aromatic N) is 1. The van der Waals surface area contributed by atoms with E-state index in [2.05, 4.69) is 33.1 Å². The fraction of sp³-hybridized carbons (Fsp3) is 0.462. The zero-order valence-corrected chi connectivity index (χ0v) is 13.0. The molecule has 0 aliphatic heterocycles. The summed E-state index contributed by atoms with van der Waals surface area (Å²) in [7, 11) is 1.65. The van der Waals surface area contributed by atoms with Crippen molar-refractivity contribution in [3.05, 3.63) is 33.3 Å². The monoisotopic (exact) mass is 332 g/mol. The van der Waals surface area contributed by atoms with Crippen LogP contribution in [0.2, 0.25) is 5.02 Å². The van der Waals surface area contributed by atoms with Crippen LogP contribution in [0.4, 0.5) is 0 Å². The molecule has 0 aliphatic rings. The molecule has 0 saturated carbocycles. The summed E-state index contributed by atoms with van der Waals surface area (Å²) in [6.45, 7) is 4.06. The van der Waals surface area contributed by atoms with Crippen molar-refractivity contribution in [1.82, 2.24) is 10.2 Å². The minimum atomic E-state index is 0.0247. The molecule has 0 radical (unpaired) electrons. The van der Waals surface area contributed by atoms with Gasteiger partial charge < -0.3 is 5.32 Å². The van der Waals surface area contributed by atoms with Crippen LogP contribution in [0.15, 0.2) is 22.7 Å². The maximum absolute atomic E-state index is 11.4. The summed E-state index contributed by atoms with van der Waals surface area (Å²) in [4.78, 5) is 13.5. The van der Waals surface area contributed by atoms with Gasteiger partial charge in [-0.15, -0.1) is 0 Å². The molecule has 1 aromatic rings. The summed E-state index contributed by atoms with van der Waals surface area (Å²) in [5.41, 5.74) is 1.04. The third kappa shape index (κ3) is 4.96. The molecule has 0 saturated heterocycles. The predicted octanol–water partition coefficient (Wildman–Crippen LogP) is 3.06. The van der Waals surface area contributed by atoms with Gasteiger partial charge in [0.2, 0.25) is 5.91 Å². The number of rotatable bonds is 6. The lowest BCUT2D eigenvalue weighted by atomic mass is 10.2. The molecule has 1 amide bonds. The molecular weight excluding hydrogens is 316 g/mol. The fourth-order valence-electron chi connectivity index (χ4n) is 1.70. The van der Waals surface area contributed by atoms with Crippen LogP contribution < -0.4 is 5.32 Å². The van der Waals surface area contributed by atoms with Gasteiger partial charge in [-0.2, -0.15) is 0 Å². The normalized spacial score (nSPS) is 10.7. The second kappa shape index (κ2) is 7.77. The number of hydrogen-bond acceptors (Lipinski definition) is 2. The molecule has 0 aliphatic carbocycles. The van der Waals surface area contributed by atoms with Crippen LogP contribution >= 0.6 is 27.5 Å². The van der Waals surface area contributed by atoms with Crippen molar-refractivity contribution in [2.24, 2.45) is 0 Å². The second-order valence-electron chi connectivity index (χ2n) is 4.12. The zero-order chi connectivity index (χ0) is 13.5. The average molecular weight is 334 g/mol. The Bertz CT molecular complexity index is 412. The van der Waals surface area contributed by atoms with Crippen LogP contribution in [-0.2, 0) is 11.3 Å². The van der Waals surface area contributed by atoms with Crippen LogP contribution in [-0.4, -0.2) is 30.9 Å². The van der Waals surface area contributed by atoms with Crippen LogP contribution in [0.5, 0.6) is 0 Å². The first-order chi connectivity index (χ1) is 8.56. The highest BCUT2D eigenvalue weighted by atomic mass is 79.9. The third-order valence-corrected chi connectivity index (χ3v) is 3.44. The van der Waals surface area contributed by atoms with E-state index in [1.165, 1.54) is 0 Å². The number of halogens is 2. The van der Waals surface area contributed by atoms with E-state index in [-0.39, 0.29) is 5.91 Å². The summed E-state index contributed by atoms with van der Waals surface area (Å²) in [6.07, 6.45) is 1.01. The number of amides is 1. The number of carbonyl (C=O) groups excluding carboxylic acids is 1. The molecule has 5 heteroatoms. The van der Waals surface area contributed by atoms with Crippen molar-refractivity contribution in [1.29, 1.82) is 0 Å². The van der Waals surface area contributed by atoms with E-state index >= 15 is 0 Å². The van der Waals surface area contributed by atoms with E-state index in [1.807, 2.05) is 18.2 Å². The standard InChI is InChI=1S/C13H18BrClN2O/c1-3-6-17(9-13(18)16-2)8-10-4-5-11(14)7-12(10)15/h4-5,7H,3,6,8-9H2,1-2H3,(H,16,18). The van der Waals surface area contributed by atoms with Crippen molar-refractivity contribution in [2.45, 2.75) is 19.9 Å². The number of likely N-dealkylation sites (N-methyl/N-ethyl adjacent to an activating group) is 1. The number of nitrogens with one attached hydrogen (secondary N) is 1. The summed E-state index contributed by atoms with van der Waals surface area (Å²) >= 11 is 9.57. The van der Waals surface area contributed by atoms with Crippen LogP contribution in [0.1, 0.15) is 18.9 Å². The fourth-order valence-corrected chi connectivity index (χ4v) is 2.44. The van der Waals surface area contributed by atoms with Gasteiger partial charge in [-0.05, 0) is 30.7 Å². The van der Waals surface area contributed by atoms with Crippen molar-refractivity contribution in [2.75, 3.05) is 20.1 Å². The molecule has 0 fully saturated rings. The summed E-state index contributed by atoms with van der Waals surface area (Å²) in [5, 5.41) is 3.37. The van der Waals surface area contributed by atoms with Crippen LogP contribution in [0.3, 0.4) is 0 Å². The van der Waals surface area contributed by atoms with Gasteiger partial charge in [0.05, 0.1) is 6.54 Å². The minimum Gasteiger partial charge on any atom is -0.358 e. The molecule has 0 spiro atoms. The lowest BCUT2D eigenvalue weighted by Gasteiger charge is -2.21. The second-order valence-corrected chi connectivity index (χ2v) is 5.44. The Hall–Kier alpha value is -0.580. The molecular formula is C13H18BrClN2O. The number of hydrogen-bond donors (Lipinski definition) is 1. The molecule has 1 aromatic carbocycles. The molecule has 3 nitrogen and oxygen atoms in total. The lowest BCUT2D eigenvalue weighted by Crippen LogP contribution is -2.35. The van der Waals surface area contributed by atoms with Crippen molar-refractivity contribution in [3.8, 4) is 0 Å². The Kier molecular flexibility index (Phi) is 6.68. The Labute approximate surface area is 122 Å². The molecule has 0 bridgehead atoms. The van der Waals surface area contributed by atoms with Gasteiger partial charge in [0.1, 0.15) is 0 Å². The van der Waals surface area contributed by atoms with Crippen LogP contribution in [0, 0.1) is 0 Å². The maximum Gasteiger partial charge on any atom is 0.233 e. The lowest BCUT2D eigenvalue weighted by molar-refractivity contribution is -0.121. The van der Waals surface area contributed by atoms with E-state index in [1.54, 1.807) is 7.05 Å². The predicted molar refractivity (Wildman–Crippen MR) is 78.8 cm³/mol. The SMILES string of the molecule is CCCN(CC(=O)NC)Cc1ccc(Br)cc1Cl. The van der Waals surface area contributed by atoms with Gasteiger partial charge in [-0.25, -0.2) is 0 Å². The molecule has 18 heavy (non-hydrogen) atoms. The first kappa shape index (κ1) is 15.5. The average Bonchev–Trinajstić information content (AvgIpc) is 2.32. The smallest absolute Gasteiger partial charge is 0.233 e. The Morgan fingerprint density at radius 1 is 1.50 bits per heavy atom. The molecule has 0 unspecified atom stereocenters. The van der Waals surface area contributed by atoms with E-state index in [0.717, 1.165) is 28.0 Å². The zero-order valence-electron chi connectivity index (χ0n) is 10.7. The Balaban J connectivity index is 2.72. The Morgan fingerprint density at radius 2 is 2.22 bits per heavy atom. The third-order valence-electron chi connectivity index (χ3n) is 2.59. The van der Waals surface area contributed by atoms with Gasteiger partial charge in [0, 0.05) is 23.1 Å². The minimum absolute atomic E-state index is 0.0247. The molecule has 0 heterocycles. The van der Waals surface area contributed by atoms with Crippen molar-refractivity contribution >= 4 is 33.4 Å². The van der Waals surface area contributed by atoms with E-state index in [4.69, 9.17) is 11.6 Å². The van der Waals surface area contributed by atoms with Gasteiger partial charge in [-0.1, -0.05) is 40.5 Å². The highest BCUT2D eigenvalue weighted by Crippen LogP contribution is 2.22. The number of benzene rings is 1.